The molecule has 2 aliphatic rings. The summed E-state index contributed by atoms with van der Waals surface area (Å²) in [5.74, 6) is 0.769. The molecular formula is C12H24N2O. The van der Waals surface area contributed by atoms with Crippen LogP contribution in [0.3, 0.4) is 0 Å². The van der Waals surface area contributed by atoms with Crippen LogP contribution in [0.25, 0.3) is 0 Å². The number of likely N-dealkylation sites (tertiary alicyclic amines) is 1. The van der Waals surface area contributed by atoms with E-state index in [-0.39, 0.29) is 0 Å². The summed E-state index contributed by atoms with van der Waals surface area (Å²) in [4.78, 5) is 2.64. The molecule has 15 heavy (non-hydrogen) atoms. The van der Waals surface area contributed by atoms with E-state index in [0.29, 0.717) is 12.1 Å². The predicted octanol–water partition coefficient (Wildman–Crippen LogP) is 1.10. The van der Waals surface area contributed by atoms with Crippen molar-refractivity contribution in [3.63, 3.8) is 0 Å². The second kappa shape index (κ2) is 5.28. The molecule has 0 aromatic heterocycles. The van der Waals surface area contributed by atoms with Gasteiger partial charge in [-0.25, -0.2) is 0 Å². The van der Waals surface area contributed by atoms with Gasteiger partial charge in [0.15, 0.2) is 0 Å². The van der Waals surface area contributed by atoms with Crippen LogP contribution < -0.4 is 5.32 Å². The first kappa shape index (κ1) is 11.4. The van der Waals surface area contributed by atoms with E-state index in [1.165, 1.54) is 32.4 Å². The third-order valence-corrected chi connectivity index (χ3v) is 3.96. The molecule has 2 rings (SSSR count). The summed E-state index contributed by atoms with van der Waals surface area (Å²) >= 11 is 0. The van der Waals surface area contributed by atoms with Crippen molar-refractivity contribution in [1.82, 2.24) is 10.2 Å². The summed E-state index contributed by atoms with van der Waals surface area (Å²) in [6.07, 6.45) is 3.86. The summed E-state index contributed by atoms with van der Waals surface area (Å²) in [7, 11) is 2.08. The van der Waals surface area contributed by atoms with E-state index < -0.39 is 0 Å². The topological polar surface area (TPSA) is 24.5 Å². The van der Waals surface area contributed by atoms with Crippen molar-refractivity contribution in [2.75, 3.05) is 33.4 Å². The standard InChI is InChI=1S/C12H24N2O/c1-10-8-14(6-5-12(10)13-2)11-4-3-7-15-9-11/h10-13H,3-9H2,1-2H3. The van der Waals surface area contributed by atoms with E-state index >= 15 is 0 Å². The average molecular weight is 212 g/mol. The van der Waals surface area contributed by atoms with Gasteiger partial charge in [-0.15, -0.1) is 0 Å². The number of rotatable bonds is 2. The molecule has 88 valence electrons. The minimum Gasteiger partial charge on any atom is -0.380 e. The second-order valence-corrected chi connectivity index (χ2v) is 5.03. The molecule has 2 aliphatic heterocycles. The van der Waals surface area contributed by atoms with E-state index in [1.54, 1.807) is 0 Å². The van der Waals surface area contributed by atoms with Crippen LogP contribution >= 0.6 is 0 Å². The highest BCUT2D eigenvalue weighted by molar-refractivity contribution is 4.86. The molecule has 2 heterocycles. The highest BCUT2D eigenvalue weighted by Crippen LogP contribution is 2.22. The van der Waals surface area contributed by atoms with Gasteiger partial charge in [-0.3, -0.25) is 4.90 Å². The molecule has 3 atom stereocenters. The van der Waals surface area contributed by atoms with Crippen LogP contribution in [0, 0.1) is 5.92 Å². The van der Waals surface area contributed by atoms with Gasteiger partial charge in [0.2, 0.25) is 0 Å². The Morgan fingerprint density at radius 1 is 1.33 bits per heavy atom. The van der Waals surface area contributed by atoms with Gasteiger partial charge in [-0.1, -0.05) is 6.92 Å². The van der Waals surface area contributed by atoms with Gasteiger partial charge < -0.3 is 10.1 Å². The van der Waals surface area contributed by atoms with Crippen molar-refractivity contribution in [1.29, 1.82) is 0 Å². The van der Waals surface area contributed by atoms with Gasteiger partial charge in [0.05, 0.1) is 6.61 Å². The number of nitrogens with one attached hydrogen (secondary N) is 1. The zero-order chi connectivity index (χ0) is 10.7. The minimum atomic E-state index is 0.694. The van der Waals surface area contributed by atoms with E-state index in [9.17, 15) is 0 Å². The van der Waals surface area contributed by atoms with E-state index in [4.69, 9.17) is 4.74 Å². The third-order valence-electron chi connectivity index (χ3n) is 3.96. The highest BCUT2D eigenvalue weighted by atomic mass is 16.5. The van der Waals surface area contributed by atoms with Gasteiger partial charge in [-0.2, -0.15) is 0 Å². The Morgan fingerprint density at radius 2 is 2.20 bits per heavy atom. The average Bonchev–Trinajstić information content (AvgIpc) is 2.30. The van der Waals surface area contributed by atoms with Gasteiger partial charge in [0.25, 0.3) is 0 Å². The number of hydrogen-bond acceptors (Lipinski definition) is 3. The van der Waals surface area contributed by atoms with Gasteiger partial charge >= 0.3 is 0 Å². The maximum Gasteiger partial charge on any atom is 0.0621 e. The second-order valence-electron chi connectivity index (χ2n) is 5.03. The molecule has 3 nitrogen and oxygen atoms in total. The van der Waals surface area contributed by atoms with Crippen molar-refractivity contribution in [2.45, 2.75) is 38.3 Å². The number of nitrogens with zero attached hydrogens (tertiary/aromatic N) is 1. The van der Waals surface area contributed by atoms with Crippen LogP contribution in [-0.4, -0.2) is 50.3 Å². The Hall–Kier alpha value is -0.120. The molecule has 2 fully saturated rings. The first-order valence-electron chi connectivity index (χ1n) is 6.30. The monoisotopic (exact) mass is 212 g/mol. The molecule has 2 saturated heterocycles. The van der Waals surface area contributed by atoms with Crippen LogP contribution in [0.15, 0.2) is 0 Å². The normalized spacial score (nSPS) is 39.2. The lowest BCUT2D eigenvalue weighted by molar-refractivity contribution is -0.00173. The van der Waals surface area contributed by atoms with Crippen molar-refractivity contribution in [3.8, 4) is 0 Å². The molecule has 0 spiro atoms. The molecule has 0 aliphatic carbocycles. The lowest BCUT2D eigenvalue weighted by atomic mass is 9.92. The SMILES string of the molecule is CNC1CCN(C2CCCOC2)CC1C. The fourth-order valence-electron chi connectivity index (χ4n) is 2.95. The number of piperidine rings is 1. The summed E-state index contributed by atoms with van der Waals surface area (Å²) in [6, 6.07) is 1.41. The highest BCUT2D eigenvalue weighted by Gasteiger charge is 2.29. The molecule has 3 unspecified atom stereocenters. The molecular weight excluding hydrogens is 188 g/mol. The fraction of sp³-hybridized carbons (Fsp3) is 1.00. The quantitative estimate of drug-likeness (QED) is 0.742. The molecule has 0 saturated carbocycles. The summed E-state index contributed by atoms with van der Waals surface area (Å²) in [5, 5.41) is 3.42. The predicted molar refractivity (Wildman–Crippen MR) is 62.0 cm³/mol. The fourth-order valence-corrected chi connectivity index (χ4v) is 2.95. The Balaban J connectivity index is 1.84. The van der Waals surface area contributed by atoms with Crippen LogP contribution in [0.2, 0.25) is 0 Å². The van der Waals surface area contributed by atoms with Crippen molar-refractivity contribution >= 4 is 0 Å². The number of hydrogen-bond donors (Lipinski definition) is 1. The molecule has 0 aromatic rings. The van der Waals surface area contributed by atoms with Crippen LogP contribution in [0.4, 0.5) is 0 Å². The molecule has 0 bridgehead atoms. The van der Waals surface area contributed by atoms with Crippen LogP contribution in [0.5, 0.6) is 0 Å². The molecule has 0 radical (unpaired) electrons. The molecule has 1 N–H and O–H groups in total. The van der Waals surface area contributed by atoms with Gasteiger partial charge in [0.1, 0.15) is 0 Å². The smallest absolute Gasteiger partial charge is 0.0621 e. The minimum absolute atomic E-state index is 0.694. The summed E-state index contributed by atoms with van der Waals surface area (Å²) < 4.78 is 5.57. The maximum atomic E-state index is 5.57. The van der Waals surface area contributed by atoms with Gasteiger partial charge in [-0.05, 0) is 32.2 Å². The zero-order valence-corrected chi connectivity index (χ0v) is 10.0. The van der Waals surface area contributed by atoms with E-state index in [1.807, 2.05) is 0 Å². The Bertz CT molecular complexity index is 192. The van der Waals surface area contributed by atoms with Crippen molar-refractivity contribution in [2.24, 2.45) is 5.92 Å². The third kappa shape index (κ3) is 2.71. The lowest BCUT2D eigenvalue weighted by Gasteiger charge is -2.42. The number of ether oxygens (including phenoxy) is 1. The largest absolute Gasteiger partial charge is 0.380 e. The summed E-state index contributed by atoms with van der Waals surface area (Å²) in [5.41, 5.74) is 0. The lowest BCUT2D eigenvalue weighted by Crippen LogP contribution is -2.52. The summed E-state index contributed by atoms with van der Waals surface area (Å²) in [6.45, 7) is 6.76. The van der Waals surface area contributed by atoms with Crippen molar-refractivity contribution < 1.29 is 4.74 Å². The van der Waals surface area contributed by atoms with Crippen LogP contribution in [0.1, 0.15) is 26.2 Å². The maximum absolute atomic E-state index is 5.57. The first-order chi connectivity index (χ1) is 7.31. The van der Waals surface area contributed by atoms with E-state index in [2.05, 4.69) is 24.2 Å². The Labute approximate surface area is 93.2 Å². The Kier molecular flexibility index (Phi) is 4.00. The molecule has 0 amide bonds. The zero-order valence-electron chi connectivity index (χ0n) is 10.0. The van der Waals surface area contributed by atoms with Gasteiger partial charge in [0, 0.05) is 31.8 Å². The van der Waals surface area contributed by atoms with Crippen molar-refractivity contribution in [3.05, 3.63) is 0 Å². The Morgan fingerprint density at radius 3 is 2.80 bits per heavy atom. The molecule has 3 heteroatoms. The van der Waals surface area contributed by atoms with E-state index in [0.717, 1.165) is 19.1 Å². The van der Waals surface area contributed by atoms with Crippen LogP contribution in [-0.2, 0) is 4.74 Å². The first-order valence-corrected chi connectivity index (χ1v) is 6.30. The molecule has 0 aromatic carbocycles.